The zero-order valence-corrected chi connectivity index (χ0v) is 16.1. The zero-order chi connectivity index (χ0) is 18.7. The number of halogens is 1. The number of rotatable bonds is 4. The van der Waals surface area contributed by atoms with Crippen molar-refractivity contribution < 1.29 is 13.2 Å². The van der Waals surface area contributed by atoms with Crippen LogP contribution in [0, 0.1) is 6.92 Å². The molecule has 1 aliphatic heterocycles. The number of hydrogen-bond acceptors (Lipinski definition) is 3. The number of anilines is 1. The fourth-order valence-electron chi connectivity index (χ4n) is 2.99. The Labute approximate surface area is 159 Å². The van der Waals surface area contributed by atoms with Gasteiger partial charge in [-0.1, -0.05) is 36.2 Å². The van der Waals surface area contributed by atoms with Gasteiger partial charge in [-0.15, -0.1) is 0 Å². The zero-order valence-electron chi connectivity index (χ0n) is 14.5. The standard InChI is InChI=1S/C19H21ClN2O3S/c1-14-9-10-15(26(24,25)22-11-5-2-6-12-22)13-18(14)21-19(23)16-7-3-4-8-17(16)20/h3-4,7-10,13H,2,5-6,11-12H2,1H3,(H,21,23). The summed E-state index contributed by atoms with van der Waals surface area (Å²) >= 11 is 6.07. The molecule has 0 unspecified atom stereocenters. The highest BCUT2D eigenvalue weighted by atomic mass is 35.5. The molecule has 1 fully saturated rings. The van der Waals surface area contributed by atoms with Gasteiger partial charge in [-0.05, 0) is 49.6 Å². The fourth-order valence-corrected chi connectivity index (χ4v) is 4.75. The molecule has 3 rings (SSSR count). The Hall–Kier alpha value is -1.89. The van der Waals surface area contributed by atoms with Gasteiger partial charge in [0.25, 0.3) is 5.91 Å². The van der Waals surface area contributed by atoms with E-state index in [1.807, 2.05) is 6.92 Å². The van der Waals surface area contributed by atoms with Crippen LogP contribution in [0.1, 0.15) is 35.2 Å². The van der Waals surface area contributed by atoms with E-state index in [4.69, 9.17) is 11.6 Å². The molecule has 2 aromatic rings. The number of benzene rings is 2. The van der Waals surface area contributed by atoms with Crippen LogP contribution in [0.4, 0.5) is 5.69 Å². The highest BCUT2D eigenvalue weighted by molar-refractivity contribution is 7.89. The normalized spacial score (nSPS) is 15.6. The number of carbonyl (C=O) groups is 1. The minimum atomic E-state index is -3.55. The third-order valence-corrected chi connectivity index (χ3v) is 6.75. The van der Waals surface area contributed by atoms with E-state index in [-0.39, 0.29) is 10.8 Å². The van der Waals surface area contributed by atoms with Gasteiger partial charge >= 0.3 is 0 Å². The smallest absolute Gasteiger partial charge is 0.257 e. The number of sulfonamides is 1. The Morgan fingerprint density at radius 1 is 1.08 bits per heavy atom. The van der Waals surface area contributed by atoms with Crippen LogP contribution in [0.15, 0.2) is 47.4 Å². The molecule has 1 saturated heterocycles. The van der Waals surface area contributed by atoms with Gasteiger partial charge < -0.3 is 5.32 Å². The van der Waals surface area contributed by atoms with Crippen LogP contribution < -0.4 is 5.32 Å². The minimum Gasteiger partial charge on any atom is -0.322 e. The van der Waals surface area contributed by atoms with Crippen LogP contribution in [-0.4, -0.2) is 31.7 Å². The summed E-state index contributed by atoms with van der Waals surface area (Å²) in [5, 5.41) is 3.12. The Balaban J connectivity index is 1.88. The molecular weight excluding hydrogens is 372 g/mol. The molecule has 0 spiro atoms. The quantitative estimate of drug-likeness (QED) is 0.852. The second kappa shape index (κ2) is 7.78. The van der Waals surface area contributed by atoms with Crippen LogP contribution in [-0.2, 0) is 10.0 Å². The Kier molecular flexibility index (Phi) is 5.65. The van der Waals surface area contributed by atoms with E-state index in [9.17, 15) is 13.2 Å². The first-order valence-electron chi connectivity index (χ1n) is 8.56. The average Bonchev–Trinajstić information content (AvgIpc) is 2.64. The summed E-state index contributed by atoms with van der Waals surface area (Å²) in [4.78, 5) is 12.7. The van der Waals surface area contributed by atoms with Gasteiger partial charge in [0.1, 0.15) is 0 Å². The van der Waals surface area contributed by atoms with Crippen molar-refractivity contribution in [1.29, 1.82) is 0 Å². The molecule has 0 radical (unpaired) electrons. The summed E-state index contributed by atoms with van der Waals surface area (Å²) in [6, 6.07) is 11.6. The summed E-state index contributed by atoms with van der Waals surface area (Å²) in [7, 11) is -3.55. The van der Waals surface area contributed by atoms with Crippen molar-refractivity contribution in [2.45, 2.75) is 31.1 Å². The second-order valence-electron chi connectivity index (χ2n) is 6.38. The summed E-state index contributed by atoms with van der Waals surface area (Å²) < 4.78 is 27.2. The molecule has 0 saturated carbocycles. The number of carbonyl (C=O) groups excluding carboxylic acids is 1. The molecule has 138 valence electrons. The SMILES string of the molecule is Cc1ccc(S(=O)(=O)N2CCCCC2)cc1NC(=O)c1ccccc1Cl. The van der Waals surface area contributed by atoms with Crippen LogP contribution in [0.5, 0.6) is 0 Å². The summed E-state index contributed by atoms with van der Waals surface area (Å²) in [6.45, 7) is 2.90. The molecule has 26 heavy (non-hydrogen) atoms. The van der Waals surface area contributed by atoms with Gasteiger partial charge in [0.15, 0.2) is 0 Å². The first-order chi connectivity index (χ1) is 12.4. The highest BCUT2D eigenvalue weighted by Gasteiger charge is 2.26. The Bertz CT molecular complexity index is 922. The number of hydrogen-bond donors (Lipinski definition) is 1. The largest absolute Gasteiger partial charge is 0.322 e. The molecule has 5 nitrogen and oxygen atoms in total. The van der Waals surface area contributed by atoms with Crippen molar-refractivity contribution in [3.63, 3.8) is 0 Å². The number of amides is 1. The predicted octanol–water partition coefficient (Wildman–Crippen LogP) is 4.08. The van der Waals surface area contributed by atoms with Gasteiger partial charge in [0, 0.05) is 18.8 Å². The molecule has 1 amide bonds. The highest BCUT2D eigenvalue weighted by Crippen LogP contribution is 2.26. The van der Waals surface area contributed by atoms with E-state index in [2.05, 4.69) is 5.32 Å². The van der Waals surface area contributed by atoms with E-state index in [1.165, 1.54) is 10.4 Å². The summed E-state index contributed by atoms with van der Waals surface area (Å²) in [6.07, 6.45) is 2.81. The summed E-state index contributed by atoms with van der Waals surface area (Å²) in [5.74, 6) is -0.369. The van der Waals surface area contributed by atoms with Crippen molar-refractivity contribution in [2.24, 2.45) is 0 Å². The van der Waals surface area contributed by atoms with Crippen molar-refractivity contribution in [2.75, 3.05) is 18.4 Å². The van der Waals surface area contributed by atoms with Crippen LogP contribution in [0.2, 0.25) is 5.02 Å². The van der Waals surface area contributed by atoms with E-state index >= 15 is 0 Å². The van der Waals surface area contributed by atoms with Crippen LogP contribution >= 0.6 is 11.6 Å². The van der Waals surface area contributed by atoms with Crippen molar-refractivity contribution >= 4 is 33.2 Å². The predicted molar refractivity (Wildman–Crippen MR) is 103 cm³/mol. The third kappa shape index (κ3) is 3.92. The lowest BCUT2D eigenvalue weighted by molar-refractivity contribution is 0.102. The van der Waals surface area contributed by atoms with Gasteiger partial charge in [-0.2, -0.15) is 4.31 Å². The molecule has 0 atom stereocenters. The molecule has 0 aromatic heterocycles. The second-order valence-corrected chi connectivity index (χ2v) is 8.72. The maximum absolute atomic E-state index is 12.9. The third-order valence-electron chi connectivity index (χ3n) is 4.53. The first kappa shape index (κ1) is 18.9. The van der Waals surface area contributed by atoms with Gasteiger partial charge in [0.2, 0.25) is 10.0 Å². The van der Waals surface area contributed by atoms with Crippen molar-refractivity contribution in [1.82, 2.24) is 4.31 Å². The first-order valence-corrected chi connectivity index (χ1v) is 10.4. The monoisotopic (exact) mass is 392 g/mol. The maximum Gasteiger partial charge on any atom is 0.257 e. The number of piperidine rings is 1. The Morgan fingerprint density at radius 3 is 2.46 bits per heavy atom. The van der Waals surface area contributed by atoms with Crippen LogP contribution in [0.3, 0.4) is 0 Å². The average molecular weight is 393 g/mol. The lowest BCUT2D eigenvalue weighted by atomic mass is 10.1. The molecule has 7 heteroatoms. The fraction of sp³-hybridized carbons (Fsp3) is 0.316. The topological polar surface area (TPSA) is 66.5 Å². The number of nitrogens with one attached hydrogen (secondary N) is 1. The van der Waals surface area contributed by atoms with E-state index < -0.39 is 10.0 Å². The molecule has 1 N–H and O–H groups in total. The lowest BCUT2D eigenvalue weighted by Gasteiger charge is -2.26. The maximum atomic E-state index is 12.9. The molecule has 1 aliphatic rings. The number of nitrogens with zero attached hydrogens (tertiary/aromatic N) is 1. The summed E-state index contributed by atoms with van der Waals surface area (Å²) in [5.41, 5.74) is 1.59. The lowest BCUT2D eigenvalue weighted by Crippen LogP contribution is -2.35. The van der Waals surface area contributed by atoms with Crippen molar-refractivity contribution in [3.8, 4) is 0 Å². The molecule has 0 bridgehead atoms. The molecule has 1 heterocycles. The number of aryl methyl sites for hydroxylation is 1. The Morgan fingerprint density at radius 2 is 1.77 bits per heavy atom. The van der Waals surface area contributed by atoms with Gasteiger partial charge in [-0.3, -0.25) is 4.79 Å². The molecule has 2 aromatic carbocycles. The van der Waals surface area contributed by atoms with E-state index in [0.29, 0.717) is 29.4 Å². The van der Waals surface area contributed by atoms with E-state index in [1.54, 1.807) is 36.4 Å². The molecule has 0 aliphatic carbocycles. The van der Waals surface area contributed by atoms with Crippen LogP contribution in [0.25, 0.3) is 0 Å². The van der Waals surface area contributed by atoms with Gasteiger partial charge in [-0.25, -0.2) is 8.42 Å². The van der Waals surface area contributed by atoms with Gasteiger partial charge in [0.05, 0.1) is 15.5 Å². The van der Waals surface area contributed by atoms with E-state index in [0.717, 1.165) is 24.8 Å². The molecular formula is C19H21ClN2O3S. The van der Waals surface area contributed by atoms with Crippen molar-refractivity contribution in [3.05, 3.63) is 58.6 Å². The minimum absolute atomic E-state index is 0.194.